The number of carbonyl (C=O) groups excluding carboxylic acids is 1. The van der Waals surface area contributed by atoms with Crippen LogP contribution in [0.25, 0.3) is 11.1 Å². The second kappa shape index (κ2) is 6.23. The van der Waals surface area contributed by atoms with Gasteiger partial charge >= 0.3 is 0 Å². The first kappa shape index (κ1) is 18.3. The fourth-order valence-electron chi connectivity index (χ4n) is 4.36. The molecule has 142 valence electrons. The largest absolute Gasteiger partial charge is 0.352 e. The van der Waals surface area contributed by atoms with Crippen LogP contribution in [-0.2, 0) is 16.6 Å². The quantitative estimate of drug-likeness (QED) is 0.407. The van der Waals surface area contributed by atoms with Gasteiger partial charge in [0.2, 0.25) is 5.91 Å². The molecular formula is C20H16ClF4NO. The lowest BCUT2D eigenvalue weighted by molar-refractivity contribution is -0.125. The summed E-state index contributed by atoms with van der Waals surface area (Å²) in [6.45, 7) is 2.05. The minimum atomic E-state index is -1.61. The molecule has 1 heterocycles. The van der Waals surface area contributed by atoms with Gasteiger partial charge in [0.25, 0.3) is 0 Å². The zero-order chi connectivity index (χ0) is 19.5. The summed E-state index contributed by atoms with van der Waals surface area (Å²) in [6.07, 6.45) is 2.35. The summed E-state index contributed by atoms with van der Waals surface area (Å²) in [4.78, 5) is 11.7. The van der Waals surface area contributed by atoms with Crippen LogP contribution in [0.2, 0.25) is 5.02 Å². The first-order chi connectivity index (χ1) is 12.7. The Morgan fingerprint density at radius 1 is 1.07 bits per heavy atom. The third-order valence-electron chi connectivity index (χ3n) is 5.90. The van der Waals surface area contributed by atoms with Crippen molar-refractivity contribution < 1.29 is 22.4 Å². The van der Waals surface area contributed by atoms with Gasteiger partial charge in [-0.25, -0.2) is 17.6 Å². The van der Waals surface area contributed by atoms with Crippen LogP contribution in [0.15, 0.2) is 18.2 Å². The van der Waals surface area contributed by atoms with Crippen LogP contribution >= 0.6 is 11.6 Å². The SMILES string of the molecule is C[C@]12CCC(=O)N[C@@H]1CCc1cc(-c3c(F)c(F)c(Cl)c(F)c3F)ccc12. The van der Waals surface area contributed by atoms with Gasteiger partial charge in [-0.1, -0.05) is 36.7 Å². The molecule has 1 aliphatic heterocycles. The van der Waals surface area contributed by atoms with Gasteiger partial charge in [0.15, 0.2) is 23.3 Å². The molecule has 0 unspecified atom stereocenters. The van der Waals surface area contributed by atoms with E-state index in [1.165, 1.54) is 6.07 Å². The van der Waals surface area contributed by atoms with E-state index < -0.39 is 33.9 Å². The molecule has 1 saturated heterocycles. The molecule has 2 aromatic rings. The zero-order valence-corrected chi connectivity index (χ0v) is 15.2. The van der Waals surface area contributed by atoms with Crippen molar-refractivity contribution >= 4 is 17.5 Å². The van der Waals surface area contributed by atoms with Crippen molar-refractivity contribution in [3.8, 4) is 11.1 Å². The number of hydrogen-bond donors (Lipinski definition) is 1. The van der Waals surface area contributed by atoms with Gasteiger partial charge in [-0.2, -0.15) is 0 Å². The maximum Gasteiger partial charge on any atom is 0.220 e. The van der Waals surface area contributed by atoms with Gasteiger partial charge < -0.3 is 5.32 Å². The lowest BCUT2D eigenvalue weighted by atomic mass is 9.64. The average molecular weight is 398 g/mol. The Balaban J connectivity index is 1.84. The first-order valence-electron chi connectivity index (χ1n) is 8.68. The van der Waals surface area contributed by atoms with Gasteiger partial charge in [0, 0.05) is 17.9 Å². The third-order valence-corrected chi connectivity index (χ3v) is 6.23. The van der Waals surface area contributed by atoms with Gasteiger partial charge in [-0.05, 0) is 36.0 Å². The molecule has 2 aromatic carbocycles. The van der Waals surface area contributed by atoms with Crippen molar-refractivity contribution in [2.24, 2.45) is 0 Å². The number of amides is 1. The van der Waals surface area contributed by atoms with E-state index in [1.807, 2.05) is 0 Å². The molecular weight excluding hydrogens is 382 g/mol. The molecule has 1 amide bonds. The first-order valence-corrected chi connectivity index (χ1v) is 9.06. The summed E-state index contributed by atoms with van der Waals surface area (Å²) in [5.41, 5.74) is 0.852. The molecule has 4 rings (SSSR count). The molecule has 2 nitrogen and oxygen atoms in total. The summed E-state index contributed by atoms with van der Waals surface area (Å²) in [6, 6.07) is 4.76. The normalized spacial score (nSPS) is 24.2. The van der Waals surface area contributed by atoms with Crippen LogP contribution in [0.4, 0.5) is 17.6 Å². The number of halogens is 5. The van der Waals surface area contributed by atoms with Crippen LogP contribution in [0.1, 0.15) is 37.3 Å². The number of hydrogen-bond acceptors (Lipinski definition) is 1. The molecule has 1 aliphatic carbocycles. The number of rotatable bonds is 1. The smallest absolute Gasteiger partial charge is 0.220 e. The summed E-state index contributed by atoms with van der Waals surface area (Å²) < 4.78 is 56.2. The summed E-state index contributed by atoms with van der Waals surface area (Å²) in [7, 11) is 0. The minimum absolute atomic E-state index is 0.00371. The lowest BCUT2D eigenvalue weighted by Crippen LogP contribution is -2.55. The van der Waals surface area contributed by atoms with Gasteiger partial charge in [-0.15, -0.1) is 0 Å². The van der Waals surface area contributed by atoms with Crippen molar-refractivity contribution in [1.82, 2.24) is 5.32 Å². The van der Waals surface area contributed by atoms with Crippen molar-refractivity contribution in [3.63, 3.8) is 0 Å². The molecule has 0 saturated carbocycles. The number of fused-ring (bicyclic) bond motifs is 3. The fourth-order valence-corrected chi connectivity index (χ4v) is 4.52. The molecule has 27 heavy (non-hydrogen) atoms. The fraction of sp³-hybridized carbons (Fsp3) is 0.350. The topological polar surface area (TPSA) is 29.1 Å². The number of carbonyl (C=O) groups is 1. The van der Waals surface area contributed by atoms with Crippen LogP contribution in [0.5, 0.6) is 0 Å². The Labute approximate surface area is 158 Å². The maximum absolute atomic E-state index is 14.3. The third kappa shape index (κ3) is 2.64. The Kier molecular flexibility index (Phi) is 4.22. The van der Waals surface area contributed by atoms with E-state index in [4.69, 9.17) is 11.6 Å². The molecule has 0 radical (unpaired) electrons. The number of benzene rings is 2. The van der Waals surface area contributed by atoms with E-state index in [0.717, 1.165) is 11.1 Å². The molecule has 1 N–H and O–H groups in total. The summed E-state index contributed by atoms with van der Waals surface area (Å²) >= 11 is 5.30. The van der Waals surface area contributed by atoms with E-state index in [9.17, 15) is 22.4 Å². The van der Waals surface area contributed by atoms with E-state index >= 15 is 0 Å². The standard InChI is InChI=1S/C20H16ClF4NO/c1-20-7-6-13(27)26-12(20)5-3-9-8-10(2-4-11(9)20)14-16(22)18(24)15(21)19(25)17(14)23/h2,4,8,12H,3,5-7H2,1H3,(H,26,27)/t12-,20-/m1/s1. The van der Waals surface area contributed by atoms with E-state index in [-0.39, 0.29) is 22.9 Å². The Hall–Kier alpha value is -2.08. The Morgan fingerprint density at radius 2 is 1.74 bits per heavy atom. The molecule has 0 aromatic heterocycles. The highest BCUT2D eigenvalue weighted by Gasteiger charge is 2.44. The maximum atomic E-state index is 14.3. The van der Waals surface area contributed by atoms with Gasteiger partial charge in [-0.3, -0.25) is 4.79 Å². The average Bonchev–Trinajstić information content (AvgIpc) is 2.65. The van der Waals surface area contributed by atoms with Crippen LogP contribution < -0.4 is 5.32 Å². The highest BCUT2D eigenvalue weighted by atomic mass is 35.5. The van der Waals surface area contributed by atoms with Crippen LogP contribution in [0.3, 0.4) is 0 Å². The highest BCUT2D eigenvalue weighted by Crippen LogP contribution is 2.44. The van der Waals surface area contributed by atoms with E-state index in [0.29, 0.717) is 25.7 Å². The predicted octanol–water partition coefficient (Wildman–Crippen LogP) is 5.05. The van der Waals surface area contributed by atoms with Crippen molar-refractivity contribution in [3.05, 3.63) is 57.6 Å². The molecule has 2 atom stereocenters. The van der Waals surface area contributed by atoms with Crippen LogP contribution in [0, 0.1) is 23.3 Å². The summed E-state index contributed by atoms with van der Waals surface area (Å²) in [5.74, 6) is -6.21. The molecule has 2 aliphatic rings. The number of aryl methyl sites for hydroxylation is 1. The number of piperidine rings is 1. The van der Waals surface area contributed by atoms with Crippen molar-refractivity contribution in [1.29, 1.82) is 0 Å². The van der Waals surface area contributed by atoms with Gasteiger partial charge in [0.1, 0.15) is 5.02 Å². The van der Waals surface area contributed by atoms with Crippen LogP contribution in [-0.4, -0.2) is 11.9 Å². The Morgan fingerprint density at radius 3 is 2.41 bits per heavy atom. The monoisotopic (exact) mass is 397 g/mol. The number of nitrogens with one attached hydrogen (secondary N) is 1. The highest BCUT2D eigenvalue weighted by molar-refractivity contribution is 6.31. The lowest BCUT2D eigenvalue weighted by Gasteiger charge is -2.46. The molecule has 0 bridgehead atoms. The molecule has 1 fully saturated rings. The predicted molar refractivity (Wildman–Crippen MR) is 93.6 cm³/mol. The minimum Gasteiger partial charge on any atom is -0.352 e. The Bertz CT molecular complexity index is 948. The van der Waals surface area contributed by atoms with Crippen molar-refractivity contribution in [2.45, 2.75) is 44.1 Å². The van der Waals surface area contributed by atoms with E-state index in [2.05, 4.69) is 12.2 Å². The summed E-state index contributed by atoms with van der Waals surface area (Å²) in [5, 5.41) is 1.82. The van der Waals surface area contributed by atoms with E-state index in [1.54, 1.807) is 12.1 Å². The van der Waals surface area contributed by atoms with Gasteiger partial charge in [0.05, 0.1) is 5.56 Å². The second-order valence-corrected chi connectivity index (χ2v) is 7.77. The molecule has 0 spiro atoms. The molecule has 7 heteroatoms. The second-order valence-electron chi connectivity index (χ2n) is 7.39. The zero-order valence-electron chi connectivity index (χ0n) is 14.4. The van der Waals surface area contributed by atoms with Crippen molar-refractivity contribution in [2.75, 3.05) is 0 Å².